The Hall–Kier alpha value is -3.62. The molecule has 0 saturated heterocycles. The normalized spacial score (nSPS) is 14.4. The van der Waals surface area contributed by atoms with Crippen LogP contribution in [0.5, 0.6) is 0 Å². The van der Waals surface area contributed by atoms with Gasteiger partial charge >= 0.3 is 0 Å². The van der Waals surface area contributed by atoms with E-state index in [0.717, 1.165) is 109 Å². The SMILES string of the molecule is CC/C=C\C/C=C\C/C=C\C/C=C\C/C=C\C/C=C\C/C=C\C/C=C\C/C=C\C/C=C\C/C=C\C/C=C\CCCCC(=O)NC(COP(=O)([O-])OCC[N+](C)(C)C)C(O)CCCCCCCCCCCCCCCCCCCCCCCCCCCCCCCCC. The van der Waals surface area contributed by atoms with Crippen molar-refractivity contribution in [2.45, 2.75) is 334 Å². The maximum Gasteiger partial charge on any atom is 0.268 e. The first-order valence-corrected chi connectivity index (χ1v) is 39.6. The van der Waals surface area contributed by atoms with Crippen molar-refractivity contribution in [2.24, 2.45) is 0 Å². The van der Waals surface area contributed by atoms with Crippen LogP contribution >= 0.6 is 7.82 Å². The minimum Gasteiger partial charge on any atom is -0.756 e. The number of unbranched alkanes of at least 4 members (excludes halogenated alkanes) is 32. The molecule has 0 aromatic rings. The highest BCUT2D eigenvalue weighted by Crippen LogP contribution is 2.38. The van der Waals surface area contributed by atoms with E-state index >= 15 is 0 Å². The van der Waals surface area contributed by atoms with Gasteiger partial charge < -0.3 is 28.8 Å². The van der Waals surface area contributed by atoms with Crippen molar-refractivity contribution < 1.29 is 32.9 Å². The lowest BCUT2D eigenvalue weighted by Gasteiger charge is -2.30. The van der Waals surface area contributed by atoms with Crippen molar-refractivity contribution in [3.63, 3.8) is 0 Å². The van der Waals surface area contributed by atoms with E-state index in [0.29, 0.717) is 30.3 Å². The van der Waals surface area contributed by atoms with Gasteiger partial charge in [-0.2, -0.15) is 0 Å². The number of likely N-dealkylation sites (N-methyl/N-ethyl adjacent to an activating group) is 1. The number of allylic oxidation sites excluding steroid dienone is 24. The van der Waals surface area contributed by atoms with Gasteiger partial charge in [0, 0.05) is 6.42 Å². The number of carbonyl (C=O) groups excluding carboxylic acids is 1. The molecule has 3 atom stereocenters. The third-order valence-electron chi connectivity index (χ3n) is 16.6. The molecule has 0 aliphatic rings. The van der Waals surface area contributed by atoms with E-state index in [4.69, 9.17) is 9.05 Å². The molecule has 1 amide bonds. The summed E-state index contributed by atoms with van der Waals surface area (Å²) in [6, 6.07) is -0.838. The molecule has 9 heteroatoms. The number of hydrogen-bond donors (Lipinski definition) is 2. The number of quaternary nitrogens is 1. The zero-order valence-corrected chi connectivity index (χ0v) is 61.4. The number of carbonyl (C=O) groups is 1. The van der Waals surface area contributed by atoms with Crippen molar-refractivity contribution in [1.82, 2.24) is 5.32 Å². The Bertz CT molecular complexity index is 2020. The van der Waals surface area contributed by atoms with Crippen LogP contribution in [-0.2, 0) is 18.4 Å². The summed E-state index contributed by atoms with van der Waals surface area (Å²) in [5.41, 5.74) is 0. The molecule has 0 radical (unpaired) electrons. The quantitative estimate of drug-likeness (QED) is 0.0272. The van der Waals surface area contributed by atoms with Crippen molar-refractivity contribution in [3.05, 3.63) is 146 Å². The van der Waals surface area contributed by atoms with Crippen LogP contribution in [0.2, 0.25) is 0 Å². The minimum atomic E-state index is -4.61. The number of aliphatic hydroxyl groups is 1. The molecule has 0 aromatic heterocycles. The van der Waals surface area contributed by atoms with Gasteiger partial charge in [-0.25, -0.2) is 0 Å². The maximum absolute atomic E-state index is 13.1. The molecular weight excluding hydrogens is 1150 g/mol. The summed E-state index contributed by atoms with van der Waals surface area (Å²) in [4.78, 5) is 25.7. The molecule has 0 aromatic carbocycles. The minimum absolute atomic E-state index is 0.00355. The van der Waals surface area contributed by atoms with Crippen LogP contribution < -0.4 is 10.2 Å². The molecule has 528 valence electrons. The Balaban J connectivity index is 4.15. The molecule has 92 heavy (non-hydrogen) atoms. The average Bonchev–Trinajstić information content (AvgIpc) is 2.63. The molecule has 0 bridgehead atoms. The second kappa shape index (κ2) is 71.7. The van der Waals surface area contributed by atoms with Crippen LogP contribution in [0.1, 0.15) is 322 Å². The lowest BCUT2D eigenvalue weighted by molar-refractivity contribution is -0.870. The summed E-state index contributed by atoms with van der Waals surface area (Å²) in [5.74, 6) is -0.208. The Morgan fingerprint density at radius 1 is 0.391 bits per heavy atom. The standard InChI is InChI=1S/C83H145N2O6P/c1-6-8-10-12-14-16-18-20-22-24-26-28-30-32-34-36-38-39-40-41-42-43-44-45-47-49-51-53-55-57-59-61-63-65-67-69-71-73-75-77-83(87)84-81(80-91-92(88,89)90-79-78-85(3,4)5)82(86)76-74-72-70-68-66-64-62-60-58-56-54-52-50-48-46-37-35-33-31-29-27-25-23-21-19-17-15-13-11-9-7-2/h8,10,14,16,20,22,26,28,32,34,38-39,41-42,44-45,49,51,55,57,61,63,67,69,81-82,86H,6-7,9,11-13,15,17-19,21,23-25,27,29-31,33,35-37,40,43,46-48,50,52-54,56,58-60,62,64-66,68,70-80H2,1-5H3,(H-,84,87,88,89)/b10-8-,16-14-,22-20-,28-26-,34-32-,39-38-,42-41-,45-44-,51-49-,57-55-,63-61-,69-67-. The molecule has 0 saturated carbocycles. The predicted molar refractivity (Wildman–Crippen MR) is 403 cm³/mol. The Morgan fingerprint density at radius 2 is 0.663 bits per heavy atom. The first kappa shape index (κ1) is 88.4. The summed E-state index contributed by atoms with van der Waals surface area (Å²) in [5, 5.41) is 14.1. The van der Waals surface area contributed by atoms with Crippen LogP contribution in [0, 0.1) is 0 Å². The fourth-order valence-electron chi connectivity index (χ4n) is 10.7. The molecule has 0 spiro atoms. The number of rotatable bonds is 69. The molecule has 0 heterocycles. The topological polar surface area (TPSA) is 108 Å². The number of nitrogens with zero attached hydrogens (tertiary/aromatic N) is 1. The number of phosphoric acid groups is 1. The zero-order chi connectivity index (χ0) is 66.9. The summed E-state index contributed by atoms with van der Waals surface area (Å²) in [7, 11) is 1.26. The number of amides is 1. The second-order valence-corrected chi connectivity index (χ2v) is 28.0. The van der Waals surface area contributed by atoms with Crippen molar-refractivity contribution in [2.75, 3.05) is 40.9 Å². The largest absolute Gasteiger partial charge is 0.756 e. The molecule has 3 unspecified atom stereocenters. The van der Waals surface area contributed by atoms with Gasteiger partial charge in [0.2, 0.25) is 5.91 Å². The summed E-state index contributed by atoms with van der Waals surface area (Å²) < 4.78 is 23.5. The Morgan fingerprint density at radius 3 is 0.946 bits per heavy atom. The number of aliphatic hydroxyl groups excluding tert-OH is 1. The van der Waals surface area contributed by atoms with E-state index in [1.54, 1.807) is 0 Å². The summed E-state index contributed by atoms with van der Waals surface area (Å²) in [6.45, 7) is 4.60. The highest BCUT2D eigenvalue weighted by atomic mass is 31.2. The first-order chi connectivity index (χ1) is 45.0. The van der Waals surface area contributed by atoms with Crippen molar-refractivity contribution in [1.29, 1.82) is 0 Å². The van der Waals surface area contributed by atoms with E-state index < -0.39 is 20.0 Å². The van der Waals surface area contributed by atoms with Crippen LogP contribution in [0.25, 0.3) is 0 Å². The van der Waals surface area contributed by atoms with Crippen LogP contribution in [0.4, 0.5) is 0 Å². The van der Waals surface area contributed by atoms with E-state index in [1.165, 1.54) is 180 Å². The van der Waals surface area contributed by atoms with Gasteiger partial charge in [0.1, 0.15) is 13.2 Å². The van der Waals surface area contributed by atoms with Gasteiger partial charge in [-0.15, -0.1) is 0 Å². The van der Waals surface area contributed by atoms with Crippen LogP contribution in [0.15, 0.2) is 146 Å². The fourth-order valence-corrected chi connectivity index (χ4v) is 11.5. The fraction of sp³-hybridized carbons (Fsp3) is 0.699. The predicted octanol–water partition coefficient (Wildman–Crippen LogP) is 24.5. The second-order valence-electron chi connectivity index (χ2n) is 26.6. The van der Waals surface area contributed by atoms with Gasteiger partial charge in [-0.3, -0.25) is 9.36 Å². The van der Waals surface area contributed by atoms with E-state index in [2.05, 4.69) is 165 Å². The molecule has 2 N–H and O–H groups in total. The van der Waals surface area contributed by atoms with Crippen molar-refractivity contribution in [3.8, 4) is 0 Å². The number of nitrogens with one attached hydrogen (secondary N) is 1. The maximum atomic E-state index is 13.1. The van der Waals surface area contributed by atoms with Crippen LogP contribution in [-0.4, -0.2) is 68.5 Å². The third kappa shape index (κ3) is 73.8. The molecule has 0 fully saturated rings. The molecule has 0 rings (SSSR count). The number of hydrogen-bond acceptors (Lipinski definition) is 6. The zero-order valence-electron chi connectivity index (χ0n) is 60.5. The highest BCUT2D eigenvalue weighted by molar-refractivity contribution is 7.45. The molecule has 0 aliphatic carbocycles. The van der Waals surface area contributed by atoms with E-state index in [-0.39, 0.29) is 19.1 Å². The van der Waals surface area contributed by atoms with E-state index in [1.807, 2.05) is 21.1 Å². The van der Waals surface area contributed by atoms with Gasteiger partial charge in [0.15, 0.2) is 0 Å². The average molecular weight is 1300 g/mol. The first-order valence-electron chi connectivity index (χ1n) is 38.2. The smallest absolute Gasteiger partial charge is 0.268 e. The lowest BCUT2D eigenvalue weighted by atomic mass is 10.0. The molecule has 8 nitrogen and oxygen atoms in total. The third-order valence-corrected chi connectivity index (χ3v) is 17.6. The van der Waals surface area contributed by atoms with Crippen molar-refractivity contribution >= 4 is 13.7 Å². The summed E-state index contributed by atoms with van der Waals surface area (Å²) >= 11 is 0. The van der Waals surface area contributed by atoms with Gasteiger partial charge in [-0.1, -0.05) is 359 Å². The molecule has 0 aliphatic heterocycles. The number of phosphoric ester groups is 1. The highest BCUT2D eigenvalue weighted by Gasteiger charge is 2.24. The Labute approximate surface area is 569 Å². The summed E-state index contributed by atoms with van der Waals surface area (Å²) in [6.07, 6.45) is 110. The monoisotopic (exact) mass is 1300 g/mol. The van der Waals surface area contributed by atoms with Gasteiger partial charge in [0.25, 0.3) is 7.82 Å². The lowest BCUT2D eigenvalue weighted by Crippen LogP contribution is -2.46. The van der Waals surface area contributed by atoms with E-state index in [9.17, 15) is 19.4 Å². The van der Waals surface area contributed by atoms with Crippen LogP contribution in [0.3, 0.4) is 0 Å². The van der Waals surface area contributed by atoms with Gasteiger partial charge in [-0.05, 0) is 103 Å². The Kier molecular flexibility index (Phi) is 68.8. The van der Waals surface area contributed by atoms with Gasteiger partial charge in [0.05, 0.1) is 39.9 Å². The molecular formula is C83H145N2O6P.